The van der Waals surface area contributed by atoms with Gasteiger partial charge in [-0.25, -0.2) is 4.68 Å². The predicted octanol–water partition coefficient (Wildman–Crippen LogP) is 3.30. The van der Waals surface area contributed by atoms with Crippen LogP contribution in [0.5, 0.6) is 0 Å². The monoisotopic (exact) mass is 356 g/mol. The lowest BCUT2D eigenvalue weighted by Crippen LogP contribution is -2.37. The average molecular weight is 356 g/mol. The van der Waals surface area contributed by atoms with Crippen molar-refractivity contribution in [1.82, 2.24) is 9.78 Å². The molecule has 7 nitrogen and oxygen atoms in total. The molecular formula is C19H24N4O3. The van der Waals surface area contributed by atoms with Crippen LogP contribution in [0.15, 0.2) is 24.3 Å². The third-order valence-corrected chi connectivity index (χ3v) is 5.08. The Labute approximate surface area is 152 Å². The summed E-state index contributed by atoms with van der Waals surface area (Å²) in [5.41, 5.74) is 2.48. The Morgan fingerprint density at radius 2 is 1.88 bits per heavy atom. The zero-order valence-electron chi connectivity index (χ0n) is 15.4. The number of Topliss-reactive ketones (excluding diaryl/α,β-unsaturated/α-hetero) is 1. The van der Waals surface area contributed by atoms with Crippen molar-refractivity contribution in [3.8, 4) is 0 Å². The number of hydrogen-bond acceptors (Lipinski definition) is 5. The van der Waals surface area contributed by atoms with Crippen LogP contribution in [-0.4, -0.2) is 33.6 Å². The van der Waals surface area contributed by atoms with Gasteiger partial charge in [0.15, 0.2) is 5.78 Å². The Hall–Kier alpha value is -2.70. The van der Waals surface area contributed by atoms with Crippen molar-refractivity contribution in [2.24, 2.45) is 13.0 Å². The molecule has 3 rings (SSSR count). The van der Waals surface area contributed by atoms with E-state index in [4.69, 9.17) is 0 Å². The van der Waals surface area contributed by atoms with Crippen LogP contribution >= 0.6 is 0 Å². The van der Waals surface area contributed by atoms with Crippen molar-refractivity contribution < 1.29 is 9.72 Å². The Kier molecular flexibility index (Phi) is 5.06. The topological polar surface area (TPSA) is 81.3 Å². The molecule has 138 valence electrons. The minimum absolute atomic E-state index is 0.0353. The van der Waals surface area contributed by atoms with Crippen LogP contribution in [0, 0.1) is 23.0 Å². The first-order valence-corrected chi connectivity index (χ1v) is 8.98. The number of benzene rings is 1. The van der Waals surface area contributed by atoms with E-state index in [9.17, 15) is 14.9 Å². The van der Waals surface area contributed by atoms with E-state index >= 15 is 0 Å². The van der Waals surface area contributed by atoms with E-state index in [1.807, 2.05) is 43.0 Å². The molecule has 0 spiro atoms. The first-order valence-electron chi connectivity index (χ1n) is 8.98. The van der Waals surface area contributed by atoms with Crippen molar-refractivity contribution in [3.05, 3.63) is 51.2 Å². The van der Waals surface area contributed by atoms with E-state index in [1.165, 1.54) is 0 Å². The van der Waals surface area contributed by atoms with Crippen molar-refractivity contribution in [2.45, 2.75) is 33.1 Å². The summed E-state index contributed by atoms with van der Waals surface area (Å²) in [5, 5.41) is 15.8. The zero-order chi connectivity index (χ0) is 18.8. The molecule has 0 unspecified atom stereocenters. The molecule has 0 radical (unpaired) electrons. The highest BCUT2D eigenvalue weighted by molar-refractivity contribution is 5.98. The summed E-state index contributed by atoms with van der Waals surface area (Å²) in [4.78, 5) is 25.9. The van der Waals surface area contributed by atoms with Gasteiger partial charge in [0.05, 0.1) is 4.92 Å². The maximum Gasteiger partial charge on any atom is 0.334 e. The molecule has 1 aliphatic rings. The summed E-state index contributed by atoms with van der Waals surface area (Å²) in [6.07, 6.45) is 1.90. The van der Waals surface area contributed by atoms with Crippen LogP contribution in [0.1, 0.15) is 41.4 Å². The molecule has 26 heavy (non-hydrogen) atoms. The Morgan fingerprint density at radius 3 is 2.42 bits per heavy atom. The maximum atomic E-state index is 12.7. The third-order valence-electron chi connectivity index (χ3n) is 5.08. The number of piperidine rings is 1. The summed E-state index contributed by atoms with van der Waals surface area (Å²) in [6.45, 7) is 5.10. The quantitative estimate of drug-likeness (QED) is 0.466. The molecule has 0 amide bonds. The molecule has 0 saturated carbocycles. The molecule has 0 bridgehead atoms. The van der Waals surface area contributed by atoms with Gasteiger partial charge >= 0.3 is 5.69 Å². The SMILES string of the molecule is CCc1nn(C)c(N2CCC(C(=O)c3ccc(C)cc3)CC2)c1[N+](=O)[O-]. The van der Waals surface area contributed by atoms with Gasteiger partial charge in [0.1, 0.15) is 5.69 Å². The van der Waals surface area contributed by atoms with E-state index in [2.05, 4.69) is 5.10 Å². The predicted molar refractivity (Wildman–Crippen MR) is 99.7 cm³/mol. The largest absolute Gasteiger partial charge is 0.351 e. The lowest BCUT2D eigenvalue weighted by atomic mass is 9.88. The molecule has 1 saturated heterocycles. The van der Waals surface area contributed by atoms with Crippen molar-refractivity contribution in [3.63, 3.8) is 0 Å². The molecule has 1 aromatic heterocycles. The number of ketones is 1. The first-order chi connectivity index (χ1) is 12.4. The van der Waals surface area contributed by atoms with E-state index < -0.39 is 0 Å². The minimum Gasteiger partial charge on any atom is -0.351 e. The smallest absolute Gasteiger partial charge is 0.334 e. The van der Waals surface area contributed by atoms with Crippen LogP contribution in [0.3, 0.4) is 0 Å². The van der Waals surface area contributed by atoms with Gasteiger partial charge in [-0.2, -0.15) is 5.10 Å². The first kappa shape index (κ1) is 18.1. The molecule has 2 aromatic rings. The normalized spacial score (nSPS) is 15.3. The molecule has 1 aliphatic heterocycles. The maximum absolute atomic E-state index is 12.7. The molecule has 0 atom stereocenters. The summed E-state index contributed by atoms with van der Waals surface area (Å²) < 4.78 is 1.60. The van der Waals surface area contributed by atoms with Crippen molar-refractivity contribution in [2.75, 3.05) is 18.0 Å². The highest BCUT2D eigenvalue weighted by Gasteiger charge is 2.33. The van der Waals surface area contributed by atoms with Gasteiger partial charge in [0, 0.05) is 31.6 Å². The summed E-state index contributed by atoms with van der Waals surface area (Å²) in [7, 11) is 1.74. The number of nitrogens with zero attached hydrogens (tertiary/aromatic N) is 4. The minimum atomic E-state index is -0.343. The second-order valence-corrected chi connectivity index (χ2v) is 6.84. The fraction of sp³-hybridized carbons (Fsp3) is 0.474. The van der Waals surface area contributed by atoms with E-state index in [1.54, 1.807) is 11.7 Å². The molecule has 0 aliphatic carbocycles. The van der Waals surface area contributed by atoms with E-state index in [-0.39, 0.29) is 22.3 Å². The number of anilines is 1. The fourth-order valence-electron chi connectivity index (χ4n) is 3.64. The third kappa shape index (κ3) is 3.34. The van der Waals surface area contributed by atoms with E-state index in [0.29, 0.717) is 43.9 Å². The number of nitro groups is 1. The number of aryl methyl sites for hydroxylation is 3. The lowest BCUT2D eigenvalue weighted by molar-refractivity contribution is -0.384. The highest BCUT2D eigenvalue weighted by Crippen LogP contribution is 2.34. The van der Waals surface area contributed by atoms with Gasteiger partial charge in [-0.15, -0.1) is 0 Å². The molecule has 1 fully saturated rings. The highest BCUT2D eigenvalue weighted by atomic mass is 16.6. The van der Waals surface area contributed by atoms with Gasteiger partial charge in [-0.1, -0.05) is 36.8 Å². The summed E-state index contributed by atoms with van der Waals surface area (Å²) >= 11 is 0. The number of hydrogen-bond donors (Lipinski definition) is 0. The number of rotatable bonds is 5. The van der Waals surface area contributed by atoms with Gasteiger partial charge in [0.2, 0.25) is 5.82 Å². The van der Waals surface area contributed by atoms with Crippen LogP contribution < -0.4 is 4.90 Å². The summed E-state index contributed by atoms with van der Waals surface area (Å²) in [5.74, 6) is 0.679. The Morgan fingerprint density at radius 1 is 1.27 bits per heavy atom. The zero-order valence-corrected chi connectivity index (χ0v) is 15.4. The molecule has 7 heteroatoms. The fourth-order valence-corrected chi connectivity index (χ4v) is 3.64. The molecule has 0 N–H and O–H groups in total. The second kappa shape index (κ2) is 7.27. The van der Waals surface area contributed by atoms with Gasteiger partial charge in [-0.3, -0.25) is 14.9 Å². The molecular weight excluding hydrogens is 332 g/mol. The Balaban J connectivity index is 1.75. The van der Waals surface area contributed by atoms with Crippen LogP contribution in [0.25, 0.3) is 0 Å². The van der Waals surface area contributed by atoms with Gasteiger partial charge in [-0.05, 0) is 26.2 Å². The average Bonchev–Trinajstić information content (AvgIpc) is 2.98. The Bertz CT molecular complexity index is 818. The number of carbonyl (C=O) groups excluding carboxylic acids is 1. The summed E-state index contributed by atoms with van der Waals surface area (Å²) in [6, 6.07) is 7.66. The molecule has 1 aromatic carbocycles. The number of aromatic nitrogens is 2. The van der Waals surface area contributed by atoms with Gasteiger partial charge in [0.25, 0.3) is 0 Å². The van der Waals surface area contributed by atoms with Gasteiger partial charge < -0.3 is 4.90 Å². The van der Waals surface area contributed by atoms with Crippen LogP contribution in [-0.2, 0) is 13.5 Å². The molecule has 2 heterocycles. The second-order valence-electron chi connectivity index (χ2n) is 6.84. The van der Waals surface area contributed by atoms with Crippen LogP contribution in [0.2, 0.25) is 0 Å². The van der Waals surface area contributed by atoms with Crippen molar-refractivity contribution >= 4 is 17.3 Å². The standard InChI is InChI=1S/C19H24N4O3/c1-4-16-17(23(25)26)19(21(3)20-16)22-11-9-15(10-12-22)18(24)14-7-5-13(2)6-8-14/h5-8,15H,4,9-12H2,1-3H3. The van der Waals surface area contributed by atoms with Crippen LogP contribution in [0.4, 0.5) is 11.5 Å². The van der Waals surface area contributed by atoms with E-state index in [0.717, 1.165) is 11.1 Å². The van der Waals surface area contributed by atoms with Crippen molar-refractivity contribution in [1.29, 1.82) is 0 Å². The number of carbonyl (C=O) groups is 1. The lowest BCUT2D eigenvalue weighted by Gasteiger charge is -2.32.